The third-order valence-electron chi connectivity index (χ3n) is 9.62. The molecule has 4 N–H and O–H groups in total. The summed E-state index contributed by atoms with van der Waals surface area (Å²) in [6.07, 6.45) is 2.64. The Kier molecular flexibility index (Phi) is 12.8. The maximum atomic E-state index is 14.2. The van der Waals surface area contributed by atoms with E-state index in [9.17, 15) is 49.5 Å². The van der Waals surface area contributed by atoms with Crippen LogP contribution in [0.15, 0.2) is 63.2 Å². The Balaban J connectivity index is 1.22. The highest BCUT2D eigenvalue weighted by atomic mass is 32.2. The number of hydrogen-bond donors (Lipinski definition) is 4. The van der Waals surface area contributed by atoms with Crippen LogP contribution < -0.4 is 16.0 Å². The number of nitrogens with one attached hydrogen (secondary N) is 3. The number of carbonyl (C=O) groups excluding carboxylic acids is 4. The lowest BCUT2D eigenvalue weighted by Crippen LogP contribution is -2.51. The van der Waals surface area contributed by atoms with Crippen molar-refractivity contribution >= 4 is 85.6 Å². The van der Waals surface area contributed by atoms with Crippen LogP contribution in [0.5, 0.6) is 5.75 Å². The molecule has 17 nitrogen and oxygen atoms in total. The maximum absolute atomic E-state index is 14.2. The van der Waals surface area contributed by atoms with Crippen molar-refractivity contribution < 1.29 is 54.3 Å². The predicted molar refractivity (Wildman–Crippen MR) is 212 cm³/mol. The van der Waals surface area contributed by atoms with Crippen molar-refractivity contribution in [3.8, 4) is 5.75 Å². The first-order chi connectivity index (χ1) is 26.7. The van der Waals surface area contributed by atoms with Crippen LogP contribution >= 0.6 is 0 Å². The van der Waals surface area contributed by atoms with Gasteiger partial charge in [-0.1, -0.05) is 31.7 Å². The van der Waals surface area contributed by atoms with Gasteiger partial charge in [0, 0.05) is 95.7 Å². The SMILES string of the molecule is C=C(C)C(=O)NCCCNC(=O)C(CC)NC(=O)COCC(=O)N1CCN(S(=O)(=O)c2cc(O)c3ccc4c(S(C)(=O)=O)cc(S(C)(=O)=O)c5ccc2c3c45)CC1. The number of benzene rings is 4. The Bertz CT molecular complexity index is 2550. The fourth-order valence-corrected chi connectivity index (χ4v) is 10.2. The summed E-state index contributed by atoms with van der Waals surface area (Å²) < 4.78 is 86.1. The Hall–Kier alpha value is -4.89. The Morgan fingerprint density at radius 1 is 0.789 bits per heavy atom. The molecule has 4 aromatic rings. The molecule has 0 radical (unpaired) electrons. The van der Waals surface area contributed by atoms with Crippen molar-refractivity contribution in [2.24, 2.45) is 0 Å². The van der Waals surface area contributed by atoms with Gasteiger partial charge in [-0.2, -0.15) is 4.31 Å². The van der Waals surface area contributed by atoms with Crippen molar-refractivity contribution in [3.63, 3.8) is 0 Å². The number of rotatable bonds is 16. The van der Waals surface area contributed by atoms with Crippen LogP contribution in [0.2, 0.25) is 0 Å². The molecule has 0 saturated carbocycles. The van der Waals surface area contributed by atoms with E-state index in [1.165, 1.54) is 29.2 Å². The second kappa shape index (κ2) is 16.9. The second-order valence-corrected chi connectivity index (χ2v) is 19.7. The summed E-state index contributed by atoms with van der Waals surface area (Å²) in [7, 11) is -12.3. The van der Waals surface area contributed by atoms with E-state index < -0.39 is 72.4 Å². The number of aromatic hydroxyl groups is 1. The standard InChI is InChI=1S/C37H45N5O12S3/c1-6-27(37(47)39-13-7-12-38-36(46)22(2)3)40-32(44)20-54-21-33(45)41-14-16-42(17-15-41)57(52,53)31-18-28(43)23-8-9-24-29(55(4,48)49)19-30(56(5,50)51)25-10-11-26(31)34(23)35(24)25/h8-11,18-19,27,43H,2,6-7,12-17,20-21H2,1,3-5H3,(H,38,46)(H,39,47)(H,40,44). The van der Waals surface area contributed by atoms with Crippen molar-refractivity contribution in [2.45, 2.75) is 47.4 Å². The van der Waals surface area contributed by atoms with Crippen LogP contribution in [-0.2, 0) is 53.6 Å². The summed E-state index contributed by atoms with van der Waals surface area (Å²) in [5.41, 5.74) is 0.372. The zero-order valence-corrected chi connectivity index (χ0v) is 34.3. The van der Waals surface area contributed by atoms with Gasteiger partial charge in [-0.3, -0.25) is 19.2 Å². The fraction of sp³-hybridized carbons (Fsp3) is 0.405. The average Bonchev–Trinajstić information content (AvgIpc) is 3.14. The third kappa shape index (κ3) is 9.30. The van der Waals surface area contributed by atoms with Crippen LogP contribution in [0.4, 0.5) is 0 Å². The van der Waals surface area contributed by atoms with Gasteiger partial charge in [0.15, 0.2) is 19.7 Å². The summed E-state index contributed by atoms with van der Waals surface area (Å²) in [4.78, 5) is 50.1. The number of piperazine rings is 1. The van der Waals surface area contributed by atoms with E-state index in [-0.39, 0.29) is 85.6 Å². The number of sulfone groups is 2. The van der Waals surface area contributed by atoms with Gasteiger partial charge in [0.1, 0.15) is 25.0 Å². The average molecular weight is 848 g/mol. The fourth-order valence-electron chi connectivity index (χ4n) is 6.71. The second-order valence-electron chi connectivity index (χ2n) is 13.9. The molecule has 308 valence electrons. The topological polar surface area (TPSA) is 243 Å². The molecule has 5 rings (SSSR count). The molecule has 0 spiro atoms. The van der Waals surface area contributed by atoms with Gasteiger partial charge >= 0.3 is 0 Å². The van der Waals surface area contributed by atoms with Crippen LogP contribution in [0.25, 0.3) is 32.3 Å². The quantitative estimate of drug-likeness (QED) is 0.0703. The molecular weight excluding hydrogens is 803 g/mol. The molecule has 1 saturated heterocycles. The first-order valence-corrected chi connectivity index (χ1v) is 23.1. The number of carbonyl (C=O) groups is 4. The number of nitrogens with zero attached hydrogens (tertiary/aromatic N) is 2. The molecule has 4 aromatic carbocycles. The lowest BCUT2D eigenvalue weighted by Gasteiger charge is -2.34. The van der Waals surface area contributed by atoms with Gasteiger partial charge < -0.3 is 30.7 Å². The number of phenolic OH excluding ortho intramolecular Hbond substituents is 1. The zero-order chi connectivity index (χ0) is 42.0. The largest absolute Gasteiger partial charge is 0.507 e. The molecule has 1 heterocycles. The van der Waals surface area contributed by atoms with Gasteiger partial charge in [-0.15, -0.1) is 0 Å². The molecule has 1 aliphatic heterocycles. The highest BCUT2D eigenvalue weighted by Gasteiger charge is 2.33. The molecule has 1 unspecified atom stereocenters. The molecule has 4 amide bonds. The van der Waals surface area contributed by atoms with Gasteiger partial charge in [-0.25, -0.2) is 25.3 Å². The number of phenols is 1. The van der Waals surface area contributed by atoms with Crippen molar-refractivity contribution in [1.29, 1.82) is 0 Å². The lowest BCUT2D eigenvalue weighted by molar-refractivity contribution is -0.140. The van der Waals surface area contributed by atoms with Gasteiger partial charge in [-0.05, 0) is 31.9 Å². The molecule has 20 heteroatoms. The molecular formula is C37H45N5O12S3. The third-order valence-corrected chi connectivity index (χ3v) is 13.8. The van der Waals surface area contributed by atoms with Crippen LogP contribution in [0.1, 0.15) is 26.7 Å². The molecule has 0 bridgehead atoms. The van der Waals surface area contributed by atoms with Gasteiger partial charge in [0.05, 0.1) is 14.7 Å². The van der Waals surface area contributed by atoms with E-state index in [0.29, 0.717) is 25.0 Å². The van der Waals surface area contributed by atoms with Crippen molar-refractivity contribution in [2.75, 3.05) is 65.0 Å². The maximum Gasteiger partial charge on any atom is 0.248 e. The minimum atomic E-state index is -4.34. The summed E-state index contributed by atoms with van der Waals surface area (Å²) >= 11 is 0. The highest BCUT2D eigenvalue weighted by Crippen LogP contribution is 2.45. The van der Waals surface area contributed by atoms with E-state index in [1.807, 2.05) is 0 Å². The smallest absolute Gasteiger partial charge is 0.248 e. The summed E-state index contributed by atoms with van der Waals surface area (Å²) in [6.45, 7) is 6.17. The normalized spacial score (nSPS) is 14.8. The van der Waals surface area contributed by atoms with E-state index in [4.69, 9.17) is 4.74 Å². The van der Waals surface area contributed by atoms with Gasteiger partial charge in [0.25, 0.3) is 0 Å². The Morgan fingerprint density at radius 3 is 1.86 bits per heavy atom. The Morgan fingerprint density at radius 2 is 1.32 bits per heavy atom. The number of ether oxygens (including phenoxy) is 1. The van der Waals surface area contributed by atoms with Crippen molar-refractivity contribution in [3.05, 3.63) is 48.6 Å². The first-order valence-electron chi connectivity index (χ1n) is 17.9. The number of amides is 4. The number of sulfonamides is 1. The minimum Gasteiger partial charge on any atom is -0.507 e. The zero-order valence-electron chi connectivity index (χ0n) is 31.9. The molecule has 1 atom stereocenters. The predicted octanol–water partition coefficient (Wildman–Crippen LogP) is 1.04. The van der Waals surface area contributed by atoms with Crippen LogP contribution in [0.3, 0.4) is 0 Å². The monoisotopic (exact) mass is 847 g/mol. The molecule has 1 fully saturated rings. The molecule has 0 aromatic heterocycles. The number of hydrogen-bond acceptors (Lipinski definition) is 12. The first kappa shape index (κ1) is 43.2. The lowest BCUT2D eigenvalue weighted by atomic mass is 9.94. The Labute approximate surface area is 330 Å². The summed E-state index contributed by atoms with van der Waals surface area (Å²) in [6, 6.07) is 7.11. The van der Waals surface area contributed by atoms with E-state index in [0.717, 1.165) is 28.9 Å². The van der Waals surface area contributed by atoms with Gasteiger partial charge in [0.2, 0.25) is 33.7 Å². The molecule has 0 aliphatic carbocycles. The highest BCUT2D eigenvalue weighted by molar-refractivity contribution is 7.91. The van der Waals surface area contributed by atoms with Crippen LogP contribution in [-0.4, -0.2) is 134 Å². The summed E-state index contributed by atoms with van der Waals surface area (Å²) in [5, 5.41) is 20.0. The minimum absolute atomic E-state index is 0.0180. The van der Waals surface area contributed by atoms with Crippen LogP contribution in [0, 0.1) is 0 Å². The van der Waals surface area contributed by atoms with E-state index >= 15 is 0 Å². The summed E-state index contributed by atoms with van der Waals surface area (Å²) in [5.74, 6) is -2.22. The molecule has 57 heavy (non-hydrogen) atoms. The van der Waals surface area contributed by atoms with Crippen molar-refractivity contribution in [1.82, 2.24) is 25.2 Å². The molecule has 1 aliphatic rings. The van der Waals surface area contributed by atoms with E-state index in [1.54, 1.807) is 13.8 Å². The van der Waals surface area contributed by atoms with E-state index in [2.05, 4.69) is 22.5 Å².